The van der Waals surface area contributed by atoms with E-state index in [1.165, 1.54) is 6.07 Å². The third kappa shape index (κ3) is 4.51. The van der Waals surface area contributed by atoms with Crippen LogP contribution in [0.2, 0.25) is 5.02 Å². The molecule has 7 heteroatoms. The molecule has 0 saturated heterocycles. The molecule has 0 saturated carbocycles. The molecule has 0 amide bonds. The molecule has 0 spiro atoms. The maximum atomic E-state index is 12.9. The van der Waals surface area contributed by atoms with Crippen molar-refractivity contribution in [1.29, 1.82) is 0 Å². The van der Waals surface area contributed by atoms with Crippen molar-refractivity contribution >= 4 is 17.3 Å². The van der Waals surface area contributed by atoms with Crippen LogP contribution in [0.4, 0.5) is 18.9 Å². The van der Waals surface area contributed by atoms with E-state index >= 15 is 0 Å². The summed E-state index contributed by atoms with van der Waals surface area (Å²) >= 11 is 5.76. The number of hydrogen-bond donors (Lipinski definition) is 3. The number of nitrogens with two attached hydrogens (primary N) is 1. The minimum Gasteiger partial charge on any atom is -0.397 e. The van der Waals surface area contributed by atoms with Crippen molar-refractivity contribution in [3.63, 3.8) is 0 Å². The lowest BCUT2D eigenvalue weighted by molar-refractivity contribution is -0.137. The summed E-state index contributed by atoms with van der Waals surface area (Å²) in [5.74, 6) is 0. The van der Waals surface area contributed by atoms with Gasteiger partial charge < -0.3 is 16.2 Å². The number of aliphatic hydroxyl groups is 1. The number of nitrogen functional groups attached to an aromatic ring is 1. The SMILES string of the molecule is CCC(C)(CC)NCC(O)c1cc(Cl)c(N)c(C(F)(F)F)c1. The van der Waals surface area contributed by atoms with E-state index in [-0.39, 0.29) is 22.7 Å². The lowest BCUT2D eigenvalue weighted by Crippen LogP contribution is -2.43. The Kier molecular flexibility index (Phi) is 6.12. The third-order valence-corrected chi connectivity index (χ3v) is 4.44. The van der Waals surface area contributed by atoms with Crippen LogP contribution in [0.25, 0.3) is 0 Å². The molecule has 0 fully saturated rings. The molecule has 0 radical (unpaired) electrons. The molecule has 0 aliphatic rings. The highest BCUT2D eigenvalue weighted by molar-refractivity contribution is 6.33. The minimum absolute atomic E-state index is 0.0913. The first-order chi connectivity index (χ1) is 10.0. The fourth-order valence-electron chi connectivity index (χ4n) is 2.03. The Hall–Kier alpha value is -0.980. The first-order valence-electron chi connectivity index (χ1n) is 7.13. The van der Waals surface area contributed by atoms with Gasteiger partial charge in [0, 0.05) is 12.1 Å². The van der Waals surface area contributed by atoms with Crippen molar-refractivity contribution < 1.29 is 18.3 Å². The number of alkyl halides is 3. The molecule has 22 heavy (non-hydrogen) atoms. The zero-order valence-corrected chi connectivity index (χ0v) is 13.6. The van der Waals surface area contributed by atoms with E-state index in [0.29, 0.717) is 0 Å². The van der Waals surface area contributed by atoms with Gasteiger partial charge in [-0.3, -0.25) is 0 Å². The molecular weight excluding hydrogens is 317 g/mol. The van der Waals surface area contributed by atoms with Gasteiger partial charge >= 0.3 is 6.18 Å². The fourth-order valence-corrected chi connectivity index (χ4v) is 2.25. The largest absolute Gasteiger partial charge is 0.418 e. The summed E-state index contributed by atoms with van der Waals surface area (Å²) in [5.41, 5.74) is 3.74. The van der Waals surface area contributed by atoms with Crippen LogP contribution in [0.1, 0.15) is 50.8 Å². The maximum absolute atomic E-state index is 12.9. The number of rotatable bonds is 6. The van der Waals surface area contributed by atoms with Crippen molar-refractivity contribution in [1.82, 2.24) is 5.32 Å². The quantitative estimate of drug-likeness (QED) is 0.683. The van der Waals surface area contributed by atoms with E-state index in [1.807, 2.05) is 20.8 Å². The van der Waals surface area contributed by atoms with Crippen LogP contribution >= 0.6 is 11.6 Å². The molecular formula is C15H22ClF3N2O. The molecule has 0 aliphatic heterocycles. The second-order valence-electron chi connectivity index (χ2n) is 5.63. The Morgan fingerprint density at radius 2 is 1.82 bits per heavy atom. The zero-order valence-electron chi connectivity index (χ0n) is 12.9. The molecule has 0 heterocycles. The second kappa shape index (κ2) is 7.06. The maximum Gasteiger partial charge on any atom is 0.418 e. The number of nitrogens with one attached hydrogen (secondary N) is 1. The number of β-amino-alcohol motifs (C(OH)–C–C–N with tert-alkyl or cyclic N) is 1. The molecule has 0 aromatic heterocycles. The Morgan fingerprint density at radius 3 is 2.27 bits per heavy atom. The molecule has 3 nitrogen and oxygen atoms in total. The third-order valence-electron chi connectivity index (χ3n) is 4.12. The van der Waals surface area contributed by atoms with Crippen LogP contribution in [0.3, 0.4) is 0 Å². The Morgan fingerprint density at radius 1 is 1.27 bits per heavy atom. The van der Waals surface area contributed by atoms with Gasteiger partial charge in [0.15, 0.2) is 0 Å². The van der Waals surface area contributed by atoms with Gasteiger partial charge in [0.2, 0.25) is 0 Å². The second-order valence-corrected chi connectivity index (χ2v) is 6.03. The highest BCUT2D eigenvalue weighted by Gasteiger charge is 2.35. The van der Waals surface area contributed by atoms with Gasteiger partial charge in [-0.25, -0.2) is 0 Å². The van der Waals surface area contributed by atoms with Crippen LogP contribution in [-0.4, -0.2) is 17.2 Å². The van der Waals surface area contributed by atoms with Gasteiger partial charge in [-0.1, -0.05) is 25.4 Å². The molecule has 126 valence electrons. The van der Waals surface area contributed by atoms with Crippen LogP contribution in [0.5, 0.6) is 0 Å². The van der Waals surface area contributed by atoms with Crippen molar-refractivity contribution in [2.45, 2.75) is 51.4 Å². The van der Waals surface area contributed by atoms with E-state index in [9.17, 15) is 18.3 Å². The molecule has 1 rings (SSSR count). The number of hydrogen-bond acceptors (Lipinski definition) is 3. The van der Waals surface area contributed by atoms with E-state index in [1.54, 1.807) is 0 Å². The van der Waals surface area contributed by atoms with Gasteiger partial charge in [-0.15, -0.1) is 0 Å². The predicted molar refractivity (Wildman–Crippen MR) is 82.8 cm³/mol. The average molecular weight is 339 g/mol. The topological polar surface area (TPSA) is 58.3 Å². The Bertz CT molecular complexity index is 516. The summed E-state index contributed by atoms with van der Waals surface area (Å²) in [6.45, 7) is 6.14. The van der Waals surface area contributed by atoms with E-state index in [2.05, 4.69) is 5.32 Å². The monoisotopic (exact) mass is 338 g/mol. The summed E-state index contributed by atoms with van der Waals surface area (Å²) in [7, 11) is 0. The fraction of sp³-hybridized carbons (Fsp3) is 0.600. The van der Waals surface area contributed by atoms with E-state index < -0.39 is 23.5 Å². The van der Waals surface area contributed by atoms with Crippen molar-refractivity contribution in [3.05, 3.63) is 28.3 Å². The van der Waals surface area contributed by atoms with Crippen LogP contribution in [-0.2, 0) is 6.18 Å². The van der Waals surface area contributed by atoms with Gasteiger partial charge in [0.1, 0.15) is 0 Å². The van der Waals surface area contributed by atoms with Gasteiger partial charge in [0.05, 0.1) is 22.4 Å². The Labute approximate surface area is 133 Å². The highest BCUT2D eigenvalue weighted by Crippen LogP contribution is 2.38. The molecule has 1 aromatic carbocycles. The summed E-state index contributed by atoms with van der Waals surface area (Å²) in [4.78, 5) is 0. The first kappa shape index (κ1) is 19.1. The lowest BCUT2D eigenvalue weighted by atomic mass is 9.95. The summed E-state index contributed by atoms with van der Waals surface area (Å²) in [6, 6.07) is 2.12. The van der Waals surface area contributed by atoms with Crippen molar-refractivity contribution in [3.8, 4) is 0 Å². The predicted octanol–water partition coefficient (Wildman–Crippen LogP) is 4.14. The summed E-state index contributed by atoms with van der Waals surface area (Å²) in [5, 5.41) is 13.1. The normalized spacial score (nSPS) is 14.2. The smallest absolute Gasteiger partial charge is 0.397 e. The number of aliphatic hydroxyl groups excluding tert-OH is 1. The molecule has 1 atom stereocenters. The van der Waals surface area contributed by atoms with E-state index in [4.69, 9.17) is 17.3 Å². The van der Waals surface area contributed by atoms with Crippen molar-refractivity contribution in [2.24, 2.45) is 0 Å². The standard InChI is InChI=1S/C15H22ClF3N2O/c1-4-14(3,5-2)21-8-12(22)9-6-10(15(17,18)19)13(20)11(16)7-9/h6-7,12,21-22H,4-5,8,20H2,1-3H3. The zero-order chi connectivity index (χ0) is 17.1. The van der Waals surface area contributed by atoms with Crippen LogP contribution < -0.4 is 11.1 Å². The number of halogens is 4. The molecule has 1 unspecified atom stereocenters. The highest BCUT2D eigenvalue weighted by atomic mass is 35.5. The summed E-state index contributed by atoms with van der Waals surface area (Å²) < 4.78 is 38.8. The molecule has 4 N–H and O–H groups in total. The number of benzene rings is 1. The summed E-state index contributed by atoms with van der Waals surface area (Å²) in [6.07, 6.45) is -4.03. The number of anilines is 1. The van der Waals surface area contributed by atoms with Crippen LogP contribution in [0.15, 0.2) is 12.1 Å². The molecule has 1 aromatic rings. The van der Waals surface area contributed by atoms with Crippen LogP contribution in [0, 0.1) is 0 Å². The van der Waals surface area contributed by atoms with Gasteiger partial charge in [-0.2, -0.15) is 13.2 Å². The van der Waals surface area contributed by atoms with Gasteiger partial charge in [0.25, 0.3) is 0 Å². The molecule has 0 bridgehead atoms. The lowest BCUT2D eigenvalue weighted by Gasteiger charge is -2.30. The first-order valence-corrected chi connectivity index (χ1v) is 7.51. The van der Waals surface area contributed by atoms with E-state index in [0.717, 1.165) is 18.9 Å². The Balaban J connectivity index is 3.00. The average Bonchev–Trinajstić information content (AvgIpc) is 2.45. The van der Waals surface area contributed by atoms with Crippen molar-refractivity contribution in [2.75, 3.05) is 12.3 Å². The molecule has 0 aliphatic carbocycles. The van der Waals surface area contributed by atoms with Gasteiger partial charge in [-0.05, 0) is 37.5 Å². The minimum atomic E-state index is -4.61.